The van der Waals surface area contributed by atoms with Gasteiger partial charge in [-0.2, -0.15) is 0 Å². The van der Waals surface area contributed by atoms with Crippen molar-refractivity contribution in [1.82, 2.24) is 30.2 Å². The van der Waals surface area contributed by atoms with E-state index in [2.05, 4.69) is 25.4 Å². The van der Waals surface area contributed by atoms with E-state index in [1.165, 1.54) is 12.3 Å². The quantitative estimate of drug-likeness (QED) is 0.749. The summed E-state index contributed by atoms with van der Waals surface area (Å²) in [6, 6.07) is 10.6. The molecule has 0 radical (unpaired) electrons. The van der Waals surface area contributed by atoms with Crippen molar-refractivity contribution in [2.45, 2.75) is 0 Å². The molecule has 0 fully saturated rings. The van der Waals surface area contributed by atoms with Crippen molar-refractivity contribution in [3.8, 4) is 17.3 Å². The van der Waals surface area contributed by atoms with Gasteiger partial charge in [0.05, 0.1) is 0 Å². The van der Waals surface area contributed by atoms with E-state index in [1.807, 2.05) is 30.3 Å². The van der Waals surface area contributed by atoms with Gasteiger partial charge in [0, 0.05) is 11.8 Å². The van der Waals surface area contributed by atoms with Gasteiger partial charge in [-0.1, -0.05) is 35.1 Å². The van der Waals surface area contributed by atoms with E-state index in [-0.39, 0.29) is 11.6 Å². The molecule has 0 unspecified atom stereocenters. The van der Waals surface area contributed by atoms with Crippen LogP contribution in [0.2, 0.25) is 0 Å². The molecule has 98 valence electrons. The van der Waals surface area contributed by atoms with Crippen LogP contribution in [0.25, 0.3) is 17.3 Å². The number of carbonyl (C=O) groups is 1. The number of hydrogen-bond acceptors (Lipinski definition) is 6. The Labute approximate surface area is 112 Å². The van der Waals surface area contributed by atoms with Crippen LogP contribution in [0.1, 0.15) is 10.5 Å². The third-order valence-corrected chi connectivity index (χ3v) is 2.49. The summed E-state index contributed by atoms with van der Waals surface area (Å²) in [5.74, 6) is -0.674. The molecule has 0 aliphatic heterocycles. The Bertz CT molecular complexity index is 755. The molecule has 1 N–H and O–H groups in total. The molecule has 8 heteroatoms. The minimum atomic E-state index is -1.14. The molecule has 3 aromatic rings. The molecule has 2 aromatic heterocycles. The van der Waals surface area contributed by atoms with E-state index in [9.17, 15) is 4.79 Å². The van der Waals surface area contributed by atoms with Gasteiger partial charge in [-0.15, -0.1) is 10.2 Å². The topological polar surface area (TPSA) is 107 Å². The predicted molar refractivity (Wildman–Crippen MR) is 67.1 cm³/mol. The zero-order valence-corrected chi connectivity index (χ0v) is 10.1. The Hall–Kier alpha value is -3.16. The summed E-state index contributed by atoms with van der Waals surface area (Å²) in [4.78, 5) is 19.7. The third-order valence-electron chi connectivity index (χ3n) is 2.49. The number of aromatic nitrogens is 6. The van der Waals surface area contributed by atoms with Crippen LogP contribution in [0, 0.1) is 0 Å². The standard InChI is InChI=1S/C12H8N6O2/c19-11(20)9-6-7-13-12(14-9)18-16-10(15-17-18)8-4-2-1-3-5-8/h1-7H,(H,19,20). The fraction of sp³-hybridized carbons (Fsp3) is 0. The van der Waals surface area contributed by atoms with Crippen LogP contribution in [-0.4, -0.2) is 41.3 Å². The number of nitrogens with zero attached hydrogens (tertiary/aromatic N) is 6. The van der Waals surface area contributed by atoms with Crippen molar-refractivity contribution in [1.29, 1.82) is 0 Å². The zero-order chi connectivity index (χ0) is 13.9. The van der Waals surface area contributed by atoms with Crippen molar-refractivity contribution >= 4 is 5.97 Å². The van der Waals surface area contributed by atoms with Gasteiger partial charge >= 0.3 is 5.97 Å². The SMILES string of the molecule is O=C(O)c1ccnc(-n2nnc(-c3ccccc3)n2)n1. The second-order valence-corrected chi connectivity index (χ2v) is 3.82. The van der Waals surface area contributed by atoms with Crippen molar-refractivity contribution < 1.29 is 9.90 Å². The molecule has 8 nitrogen and oxygen atoms in total. The lowest BCUT2D eigenvalue weighted by atomic mass is 10.2. The monoisotopic (exact) mass is 268 g/mol. The molecule has 0 amide bonds. The normalized spacial score (nSPS) is 10.4. The van der Waals surface area contributed by atoms with Crippen LogP contribution in [-0.2, 0) is 0 Å². The van der Waals surface area contributed by atoms with E-state index in [0.717, 1.165) is 10.4 Å². The van der Waals surface area contributed by atoms with Crippen LogP contribution in [0.4, 0.5) is 0 Å². The van der Waals surface area contributed by atoms with Crippen LogP contribution in [0.5, 0.6) is 0 Å². The Morgan fingerprint density at radius 2 is 1.95 bits per heavy atom. The van der Waals surface area contributed by atoms with E-state index in [1.54, 1.807) is 0 Å². The van der Waals surface area contributed by atoms with Crippen molar-refractivity contribution in [2.75, 3.05) is 0 Å². The zero-order valence-electron chi connectivity index (χ0n) is 10.1. The molecule has 3 rings (SSSR count). The Kier molecular flexibility index (Phi) is 2.88. The van der Waals surface area contributed by atoms with Crippen LogP contribution >= 0.6 is 0 Å². The molecule has 1 aromatic carbocycles. The summed E-state index contributed by atoms with van der Waals surface area (Å²) in [6.45, 7) is 0. The summed E-state index contributed by atoms with van der Waals surface area (Å²) in [7, 11) is 0. The molecule has 2 heterocycles. The molecule has 0 bridgehead atoms. The number of tetrazole rings is 1. The summed E-state index contributed by atoms with van der Waals surface area (Å²) >= 11 is 0. The first-order valence-corrected chi connectivity index (χ1v) is 5.66. The summed E-state index contributed by atoms with van der Waals surface area (Å²) < 4.78 is 0. The lowest BCUT2D eigenvalue weighted by Crippen LogP contribution is -2.09. The summed E-state index contributed by atoms with van der Waals surface area (Å²) in [5.41, 5.74) is 0.668. The second-order valence-electron chi connectivity index (χ2n) is 3.82. The molecule has 0 spiro atoms. The molecule has 0 atom stereocenters. The highest BCUT2D eigenvalue weighted by Crippen LogP contribution is 2.12. The maximum absolute atomic E-state index is 10.9. The van der Waals surface area contributed by atoms with Gasteiger partial charge in [0.2, 0.25) is 5.82 Å². The van der Waals surface area contributed by atoms with Gasteiger partial charge in [0.25, 0.3) is 5.95 Å². The molecule has 0 aliphatic rings. The average Bonchev–Trinajstić information content (AvgIpc) is 2.98. The van der Waals surface area contributed by atoms with Gasteiger partial charge < -0.3 is 5.11 Å². The summed E-state index contributed by atoms with van der Waals surface area (Å²) in [6.07, 6.45) is 1.33. The fourth-order valence-corrected chi connectivity index (χ4v) is 1.57. The van der Waals surface area contributed by atoms with Crippen LogP contribution in [0.15, 0.2) is 42.6 Å². The minimum absolute atomic E-state index is 0.0552. The first-order valence-electron chi connectivity index (χ1n) is 5.66. The highest BCUT2D eigenvalue weighted by molar-refractivity contribution is 5.85. The Morgan fingerprint density at radius 1 is 1.15 bits per heavy atom. The number of rotatable bonds is 3. The highest BCUT2D eigenvalue weighted by Gasteiger charge is 2.11. The van der Waals surface area contributed by atoms with Crippen molar-refractivity contribution in [3.05, 3.63) is 48.3 Å². The van der Waals surface area contributed by atoms with Gasteiger partial charge in [-0.3, -0.25) is 0 Å². The number of carboxylic acids is 1. The third kappa shape index (κ3) is 2.21. The second kappa shape index (κ2) is 4.84. The van der Waals surface area contributed by atoms with E-state index < -0.39 is 5.97 Å². The first kappa shape index (κ1) is 11.9. The number of benzene rings is 1. The molecular formula is C12H8N6O2. The molecule has 0 saturated heterocycles. The van der Waals surface area contributed by atoms with Crippen molar-refractivity contribution in [3.63, 3.8) is 0 Å². The Morgan fingerprint density at radius 3 is 2.70 bits per heavy atom. The van der Waals surface area contributed by atoms with E-state index in [4.69, 9.17) is 5.11 Å². The van der Waals surface area contributed by atoms with Gasteiger partial charge in [-0.25, -0.2) is 14.8 Å². The molecule has 0 aliphatic carbocycles. The molecule has 20 heavy (non-hydrogen) atoms. The lowest BCUT2D eigenvalue weighted by molar-refractivity contribution is 0.0690. The predicted octanol–water partition coefficient (Wildman–Crippen LogP) is 0.817. The number of hydrogen-bond donors (Lipinski definition) is 1. The van der Waals surface area contributed by atoms with E-state index >= 15 is 0 Å². The van der Waals surface area contributed by atoms with Gasteiger partial charge in [0.15, 0.2) is 5.69 Å². The minimum Gasteiger partial charge on any atom is -0.477 e. The van der Waals surface area contributed by atoms with Crippen LogP contribution in [0.3, 0.4) is 0 Å². The van der Waals surface area contributed by atoms with Gasteiger partial charge in [-0.05, 0) is 11.3 Å². The van der Waals surface area contributed by atoms with Gasteiger partial charge in [0.1, 0.15) is 0 Å². The molecule has 0 saturated carbocycles. The summed E-state index contributed by atoms with van der Waals surface area (Å²) in [5, 5.41) is 20.7. The number of aromatic carboxylic acids is 1. The highest BCUT2D eigenvalue weighted by atomic mass is 16.4. The fourth-order valence-electron chi connectivity index (χ4n) is 1.57. The smallest absolute Gasteiger partial charge is 0.354 e. The largest absolute Gasteiger partial charge is 0.477 e. The molecular weight excluding hydrogens is 260 g/mol. The van der Waals surface area contributed by atoms with E-state index in [0.29, 0.717) is 5.82 Å². The van der Waals surface area contributed by atoms with Crippen molar-refractivity contribution in [2.24, 2.45) is 0 Å². The maximum atomic E-state index is 10.9. The first-order chi connectivity index (χ1) is 9.74. The van der Waals surface area contributed by atoms with Crippen LogP contribution < -0.4 is 0 Å². The average molecular weight is 268 g/mol. The number of carboxylic acid groups (broad SMARTS) is 1. The maximum Gasteiger partial charge on any atom is 0.354 e. The lowest BCUT2D eigenvalue weighted by Gasteiger charge is -1.97. The Balaban J connectivity index is 1.98.